The molecule has 0 bridgehead atoms. The summed E-state index contributed by atoms with van der Waals surface area (Å²) >= 11 is 0. The summed E-state index contributed by atoms with van der Waals surface area (Å²) in [5.74, 6) is -0.948. The van der Waals surface area contributed by atoms with Crippen molar-refractivity contribution >= 4 is 41.3 Å². The minimum atomic E-state index is -1.57. The minimum Gasteiger partial charge on any atom is -0.495 e. The molecule has 3 amide bonds. The number of rotatable bonds is 7. The number of hydrogen-bond acceptors (Lipinski definition) is 9. The summed E-state index contributed by atoms with van der Waals surface area (Å²) < 4.78 is 29.9. The number of furan rings is 1. The molecule has 3 aromatic rings. The van der Waals surface area contributed by atoms with E-state index >= 15 is 0 Å². The van der Waals surface area contributed by atoms with Gasteiger partial charge in [-0.3, -0.25) is 19.4 Å². The second-order valence-electron chi connectivity index (χ2n) is 12.2. The molecule has 2 aliphatic heterocycles. The van der Waals surface area contributed by atoms with Crippen LogP contribution in [0.25, 0.3) is 11.0 Å². The van der Waals surface area contributed by atoms with Crippen molar-refractivity contribution in [2.24, 2.45) is 0 Å². The van der Waals surface area contributed by atoms with Crippen LogP contribution < -0.4 is 20.3 Å². The van der Waals surface area contributed by atoms with E-state index in [9.17, 15) is 14.4 Å². The molecular weight excluding hydrogens is 555 g/mol. The fourth-order valence-electron chi connectivity index (χ4n) is 4.94. The summed E-state index contributed by atoms with van der Waals surface area (Å²) in [6.45, 7) is 8.87. The number of pyridine rings is 1. The van der Waals surface area contributed by atoms with Crippen molar-refractivity contribution in [3.05, 3.63) is 48.0 Å². The first-order chi connectivity index (χ1) is 20.2. The number of benzene rings is 1. The average molecular weight is 592 g/mol. The fraction of sp³-hybridized carbons (Fsp3) is 0.467. The maximum atomic E-state index is 14.1. The molecule has 0 spiro atoms. The smallest absolute Gasteiger partial charge is 0.494 e. The van der Waals surface area contributed by atoms with Crippen molar-refractivity contribution in [2.45, 2.75) is 57.9 Å². The lowest BCUT2D eigenvalue weighted by Crippen LogP contribution is -2.62. The number of carbonyl (C=O) groups is 3. The SMILES string of the molecule is COc1cccnc1CNC(=O)[C@@]1(C)COc2c(oc3cc(B4OC(C)(C)C(C)(C)O4)ccc23)C(=O)N1CC(=O)N(C)C. The first-order valence-electron chi connectivity index (χ1n) is 14.0. The molecule has 228 valence electrons. The fourth-order valence-corrected chi connectivity index (χ4v) is 4.94. The largest absolute Gasteiger partial charge is 0.495 e. The Hall–Kier alpha value is -4.10. The van der Waals surface area contributed by atoms with E-state index in [1.54, 1.807) is 51.5 Å². The van der Waals surface area contributed by atoms with Crippen LogP contribution in [0, 0.1) is 0 Å². The monoisotopic (exact) mass is 592 g/mol. The Bertz CT molecular complexity index is 1570. The topological polar surface area (TPSA) is 133 Å². The van der Waals surface area contributed by atoms with Crippen molar-refractivity contribution in [3.63, 3.8) is 0 Å². The quantitative estimate of drug-likeness (QED) is 0.410. The molecule has 12 nitrogen and oxygen atoms in total. The van der Waals surface area contributed by atoms with E-state index < -0.39 is 35.7 Å². The molecule has 0 aliphatic carbocycles. The maximum Gasteiger partial charge on any atom is 0.494 e. The number of nitrogens with zero attached hydrogens (tertiary/aromatic N) is 3. The highest BCUT2D eigenvalue weighted by atomic mass is 16.7. The van der Waals surface area contributed by atoms with Gasteiger partial charge in [0.15, 0.2) is 11.3 Å². The Morgan fingerprint density at radius 2 is 1.81 bits per heavy atom. The highest BCUT2D eigenvalue weighted by Crippen LogP contribution is 2.40. The van der Waals surface area contributed by atoms with Gasteiger partial charge in [0.25, 0.3) is 5.91 Å². The molecule has 1 aromatic carbocycles. The number of nitrogens with one attached hydrogen (secondary N) is 1. The minimum absolute atomic E-state index is 0.0380. The van der Waals surface area contributed by atoms with Gasteiger partial charge in [-0.25, -0.2) is 0 Å². The van der Waals surface area contributed by atoms with Crippen LogP contribution in [-0.2, 0) is 25.4 Å². The highest BCUT2D eigenvalue weighted by Gasteiger charge is 2.52. The standard InChI is InChI=1S/C30H37BN4O8/c1-28(2)29(3,4)43-31(42-28)18-11-12-19-22(14-18)41-25-24(19)40-17-30(5,35(26(25)37)16-23(36)34(6)7)27(38)33-15-20-21(39-8)10-9-13-32-20/h9-14H,15-17H2,1-8H3,(H,33,38)/t30-/m1/s1. The number of aromatic nitrogens is 1. The normalized spacial score (nSPS) is 20.8. The van der Waals surface area contributed by atoms with Crippen LogP contribution in [0.5, 0.6) is 11.5 Å². The molecule has 0 unspecified atom stereocenters. The lowest BCUT2D eigenvalue weighted by atomic mass is 9.79. The van der Waals surface area contributed by atoms with E-state index in [1.165, 1.54) is 16.9 Å². The van der Waals surface area contributed by atoms with Crippen LogP contribution in [0.2, 0.25) is 0 Å². The zero-order chi connectivity index (χ0) is 31.3. The number of methoxy groups -OCH3 is 1. The molecule has 1 atom stereocenters. The van der Waals surface area contributed by atoms with Crippen LogP contribution in [0.3, 0.4) is 0 Å². The first-order valence-corrected chi connectivity index (χ1v) is 14.0. The van der Waals surface area contributed by atoms with Gasteiger partial charge in [-0.2, -0.15) is 0 Å². The number of amides is 3. The number of likely N-dealkylation sites (N-methyl/N-ethyl adjacent to an activating group) is 1. The molecule has 2 aliphatic rings. The Labute approximate surface area is 250 Å². The molecule has 2 aromatic heterocycles. The van der Waals surface area contributed by atoms with Gasteiger partial charge in [-0.05, 0) is 64.3 Å². The van der Waals surface area contributed by atoms with Gasteiger partial charge in [-0.15, -0.1) is 0 Å². The van der Waals surface area contributed by atoms with E-state index in [1.807, 2.05) is 33.8 Å². The van der Waals surface area contributed by atoms with Gasteiger partial charge in [0, 0.05) is 20.3 Å². The molecule has 1 N–H and O–H groups in total. The molecule has 0 saturated carbocycles. The van der Waals surface area contributed by atoms with E-state index in [0.29, 0.717) is 22.4 Å². The third-order valence-electron chi connectivity index (χ3n) is 8.49. The third-order valence-corrected chi connectivity index (χ3v) is 8.49. The number of ether oxygens (including phenoxy) is 2. The summed E-state index contributed by atoms with van der Waals surface area (Å²) in [6, 6.07) is 8.82. The second kappa shape index (κ2) is 10.9. The van der Waals surface area contributed by atoms with Crippen LogP contribution in [0.4, 0.5) is 0 Å². The lowest BCUT2D eigenvalue weighted by Gasteiger charge is -2.37. The zero-order valence-corrected chi connectivity index (χ0v) is 25.8. The van der Waals surface area contributed by atoms with Crippen LogP contribution in [0.1, 0.15) is 50.9 Å². The molecule has 13 heteroatoms. The highest BCUT2D eigenvalue weighted by molar-refractivity contribution is 6.62. The van der Waals surface area contributed by atoms with Crippen molar-refractivity contribution in [1.29, 1.82) is 0 Å². The summed E-state index contributed by atoms with van der Waals surface area (Å²) in [6.07, 6.45) is 1.59. The third kappa shape index (κ3) is 5.31. The molecule has 43 heavy (non-hydrogen) atoms. The van der Waals surface area contributed by atoms with Crippen molar-refractivity contribution in [1.82, 2.24) is 20.1 Å². The zero-order valence-electron chi connectivity index (χ0n) is 25.8. The molecule has 0 radical (unpaired) electrons. The molecule has 4 heterocycles. The van der Waals surface area contributed by atoms with Crippen molar-refractivity contribution in [2.75, 3.05) is 34.4 Å². The number of fused-ring (bicyclic) bond motifs is 3. The van der Waals surface area contributed by atoms with Gasteiger partial charge in [0.05, 0.1) is 30.2 Å². The van der Waals surface area contributed by atoms with Crippen molar-refractivity contribution < 1.29 is 37.6 Å². The Morgan fingerprint density at radius 1 is 1.12 bits per heavy atom. The predicted molar refractivity (Wildman–Crippen MR) is 158 cm³/mol. The predicted octanol–water partition coefficient (Wildman–Crippen LogP) is 2.13. The number of carbonyl (C=O) groups excluding carboxylic acids is 3. The lowest BCUT2D eigenvalue weighted by molar-refractivity contribution is -0.137. The molecule has 1 saturated heterocycles. The molecular formula is C30H37BN4O8. The van der Waals surface area contributed by atoms with Crippen LogP contribution in [0.15, 0.2) is 40.9 Å². The van der Waals surface area contributed by atoms with Crippen molar-refractivity contribution in [3.8, 4) is 11.5 Å². The van der Waals surface area contributed by atoms with Gasteiger partial charge in [0.1, 0.15) is 30.2 Å². The Kier molecular flexibility index (Phi) is 7.68. The summed E-state index contributed by atoms with van der Waals surface area (Å²) in [5.41, 5.74) is -1.01. The van der Waals surface area contributed by atoms with Gasteiger partial charge in [0.2, 0.25) is 17.6 Å². The Balaban J connectivity index is 1.47. The summed E-state index contributed by atoms with van der Waals surface area (Å²) in [4.78, 5) is 47.6. The van der Waals surface area contributed by atoms with E-state index in [-0.39, 0.29) is 37.1 Å². The van der Waals surface area contributed by atoms with E-state index in [0.717, 1.165) is 5.46 Å². The molecule has 5 rings (SSSR count). The van der Waals surface area contributed by atoms with Crippen LogP contribution >= 0.6 is 0 Å². The van der Waals surface area contributed by atoms with Crippen LogP contribution in [-0.4, -0.2) is 90.7 Å². The van der Waals surface area contributed by atoms with E-state index in [4.69, 9.17) is 23.2 Å². The second-order valence-corrected chi connectivity index (χ2v) is 12.2. The number of hydrogen-bond donors (Lipinski definition) is 1. The van der Waals surface area contributed by atoms with Gasteiger partial charge >= 0.3 is 7.12 Å². The Morgan fingerprint density at radius 3 is 2.47 bits per heavy atom. The summed E-state index contributed by atoms with van der Waals surface area (Å²) in [5, 5.41) is 3.38. The maximum absolute atomic E-state index is 14.1. The average Bonchev–Trinajstić information content (AvgIpc) is 3.40. The molecule has 1 fully saturated rings. The summed E-state index contributed by atoms with van der Waals surface area (Å²) in [7, 11) is 4.04. The van der Waals surface area contributed by atoms with Gasteiger partial charge < -0.3 is 38.3 Å². The first kappa shape index (κ1) is 30.4. The van der Waals surface area contributed by atoms with Gasteiger partial charge in [-0.1, -0.05) is 6.07 Å². The van der Waals surface area contributed by atoms with E-state index in [2.05, 4.69) is 10.3 Å².